The molecule has 4 fully saturated rings. The van der Waals surface area contributed by atoms with Gasteiger partial charge in [-0.15, -0.1) is 0 Å². The molecule has 0 bridgehead atoms. The first-order valence-corrected chi connectivity index (χ1v) is 10.5. The SMILES string of the molecule is C1CC(SCC2CO2)C2CCCC(SCC3CO3)C2C1. The van der Waals surface area contributed by atoms with E-state index in [0.29, 0.717) is 12.2 Å². The Kier molecular flexibility index (Phi) is 4.55. The van der Waals surface area contributed by atoms with Crippen molar-refractivity contribution in [1.82, 2.24) is 0 Å². The van der Waals surface area contributed by atoms with E-state index in [1.165, 1.54) is 50.0 Å². The van der Waals surface area contributed by atoms with Crippen LogP contribution in [0.4, 0.5) is 0 Å². The second-order valence-electron chi connectivity index (χ2n) is 6.84. The normalized spacial score (nSPS) is 46.8. The lowest BCUT2D eigenvalue weighted by Gasteiger charge is -2.45. The first-order valence-electron chi connectivity index (χ1n) is 8.36. The summed E-state index contributed by atoms with van der Waals surface area (Å²) in [5, 5.41) is 1.86. The van der Waals surface area contributed by atoms with E-state index >= 15 is 0 Å². The first-order chi connectivity index (χ1) is 9.90. The minimum absolute atomic E-state index is 0.598. The van der Waals surface area contributed by atoms with Crippen LogP contribution in [0.5, 0.6) is 0 Å². The summed E-state index contributed by atoms with van der Waals surface area (Å²) in [6.45, 7) is 2.04. The smallest absolute Gasteiger partial charge is 0.0900 e. The standard InChI is InChI=1S/C16H26O2S2/c1-3-13-14(15(5-1)19-9-11-7-17-11)4-2-6-16(13)20-10-12-8-18-12/h11-16H,1-10H2. The Labute approximate surface area is 131 Å². The Hall–Kier alpha value is 0.620. The van der Waals surface area contributed by atoms with Gasteiger partial charge in [0.15, 0.2) is 0 Å². The van der Waals surface area contributed by atoms with E-state index in [2.05, 4.69) is 23.5 Å². The molecule has 0 aromatic carbocycles. The lowest BCUT2D eigenvalue weighted by molar-refractivity contribution is 0.185. The van der Waals surface area contributed by atoms with Crippen molar-refractivity contribution in [2.75, 3.05) is 24.7 Å². The molecule has 4 aliphatic rings. The van der Waals surface area contributed by atoms with E-state index in [1.807, 2.05) is 0 Å². The van der Waals surface area contributed by atoms with Crippen LogP contribution in [-0.4, -0.2) is 47.4 Å². The number of fused-ring (bicyclic) bond motifs is 1. The van der Waals surface area contributed by atoms with Crippen molar-refractivity contribution in [3.05, 3.63) is 0 Å². The molecule has 4 heteroatoms. The van der Waals surface area contributed by atoms with Gasteiger partial charge in [-0.25, -0.2) is 0 Å². The lowest BCUT2D eigenvalue weighted by atomic mass is 9.70. The summed E-state index contributed by atoms with van der Waals surface area (Å²) in [6, 6.07) is 0. The van der Waals surface area contributed by atoms with Crippen LogP contribution in [0.2, 0.25) is 0 Å². The van der Waals surface area contributed by atoms with Gasteiger partial charge in [-0.1, -0.05) is 12.8 Å². The number of hydrogen-bond acceptors (Lipinski definition) is 4. The zero-order chi connectivity index (χ0) is 13.4. The zero-order valence-electron chi connectivity index (χ0n) is 12.2. The molecule has 0 amide bonds. The molecule has 4 rings (SSSR count). The molecule has 20 heavy (non-hydrogen) atoms. The van der Waals surface area contributed by atoms with E-state index in [4.69, 9.17) is 9.47 Å². The Morgan fingerprint density at radius 3 is 1.55 bits per heavy atom. The largest absolute Gasteiger partial charge is 0.372 e. The molecule has 114 valence electrons. The average molecular weight is 315 g/mol. The predicted molar refractivity (Wildman–Crippen MR) is 86.7 cm³/mol. The van der Waals surface area contributed by atoms with Gasteiger partial charge < -0.3 is 9.47 Å². The van der Waals surface area contributed by atoms with Crippen LogP contribution in [0, 0.1) is 11.8 Å². The van der Waals surface area contributed by atoms with Crippen molar-refractivity contribution in [1.29, 1.82) is 0 Å². The maximum absolute atomic E-state index is 5.39. The minimum Gasteiger partial charge on any atom is -0.372 e. The number of epoxide rings is 2. The number of rotatable bonds is 6. The molecule has 2 aliphatic heterocycles. The lowest BCUT2D eigenvalue weighted by Crippen LogP contribution is -2.40. The summed E-state index contributed by atoms with van der Waals surface area (Å²) in [5.41, 5.74) is 0. The molecule has 2 aliphatic carbocycles. The van der Waals surface area contributed by atoms with Crippen molar-refractivity contribution in [3.8, 4) is 0 Å². The summed E-state index contributed by atoms with van der Waals surface area (Å²) >= 11 is 4.47. The summed E-state index contributed by atoms with van der Waals surface area (Å²) in [5.74, 6) is 4.50. The molecule has 0 radical (unpaired) electrons. The first kappa shape index (κ1) is 14.2. The molecule has 2 heterocycles. The van der Waals surface area contributed by atoms with E-state index in [0.717, 1.165) is 35.5 Å². The van der Waals surface area contributed by atoms with Gasteiger partial charge in [0, 0.05) is 22.0 Å². The Morgan fingerprint density at radius 2 is 1.15 bits per heavy atom. The van der Waals surface area contributed by atoms with E-state index in [-0.39, 0.29) is 0 Å². The van der Waals surface area contributed by atoms with Crippen molar-refractivity contribution >= 4 is 23.5 Å². The van der Waals surface area contributed by atoms with Crippen molar-refractivity contribution in [2.24, 2.45) is 11.8 Å². The van der Waals surface area contributed by atoms with Gasteiger partial charge in [-0.3, -0.25) is 0 Å². The Balaban J connectivity index is 1.33. The van der Waals surface area contributed by atoms with Gasteiger partial charge in [-0.2, -0.15) is 23.5 Å². The van der Waals surface area contributed by atoms with Crippen LogP contribution >= 0.6 is 23.5 Å². The fourth-order valence-electron chi connectivity index (χ4n) is 4.09. The Bertz CT molecular complexity index is 298. The van der Waals surface area contributed by atoms with Crippen LogP contribution in [0.3, 0.4) is 0 Å². The second kappa shape index (κ2) is 6.39. The highest BCUT2D eigenvalue weighted by atomic mass is 32.2. The summed E-state index contributed by atoms with van der Waals surface area (Å²) in [4.78, 5) is 0. The fourth-order valence-corrected chi connectivity index (χ4v) is 7.24. The molecule has 0 N–H and O–H groups in total. The number of hydrogen-bond donors (Lipinski definition) is 0. The third-order valence-electron chi connectivity index (χ3n) is 5.35. The zero-order valence-corrected chi connectivity index (χ0v) is 13.8. The summed E-state index contributed by atoms with van der Waals surface area (Å²) < 4.78 is 10.8. The summed E-state index contributed by atoms with van der Waals surface area (Å²) in [6.07, 6.45) is 10.0. The van der Waals surface area contributed by atoms with Crippen molar-refractivity contribution in [2.45, 2.75) is 61.2 Å². The maximum atomic E-state index is 5.39. The van der Waals surface area contributed by atoms with Gasteiger partial charge in [-0.05, 0) is 37.5 Å². The molecule has 0 spiro atoms. The predicted octanol–water partition coefficient (Wildman–Crippen LogP) is 3.59. The highest BCUT2D eigenvalue weighted by Gasteiger charge is 2.41. The molecule has 6 unspecified atom stereocenters. The monoisotopic (exact) mass is 314 g/mol. The van der Waals surface area contributed by atoms with Crippen molar-refractivity contribution in [3.63, 3.8) is 0 Å². The van der Waals surface area contributed by atoms with Crippen molar-refractivity contribution < 1.29 is 9.47 Å². The highest BCUT2D eigenvalue weighted by Crippen LogP contribution is 2.49. The van der Waals surface area contributed by atoms with Crippen LogP contribution < -0.4 is 0 Å². The molecule has 0 aromatic heterocycles. The van der Waals surface area contributed by atoms with Gasteiger partial charge >= 0.3 is 0 Å². The number of ether oxygens (including phenoxy) is 2. The summed E-state index contributed by atoms with van der Waals surface area (Å²) in [7, 11) is 0. The average Bonchev–Trinajstić information content (AvgIpc) is 3.37. The third kappa shape index (κ3) is 3.50. The molecular weight excluding hydrogens is 288 g/mol. The molecule has 2 nitrogen and oxygen atoms in total. The van der Waals surface area contributed by atoms with Crippen LogP contribution in [0.15, 0.2) is 0 Å². The Morgan fingerprint density at radius 1 is 0.700 bits per heavy atom. The van der Waals surface area contributed by atoms with Crippen LogP contribution in [0.1, 0.15) is 38.5 Å². The molecule has 6 atom stereocenters. The second-order valence-corrected chi connectivity index (χ2v) is 9.39. The molecule has 2 saturated carbocycles. The molecule has 0 aromatic rings. The van der Waals surface area contributed by atoms with E-state index < -0.39 is 0 Å². The highest BCUT2D eigenvalue weighted by molar-refractivity contribution is 8.00. The fraction of sp³-hybridized carbons (Fsp3) is 1.00. The molecular formula is C16H26O2S2. The van der Waals surface area contributed by atoms with E-state index in [1.54, 1.807) is 0 Å². The van der Waals surface area contributed by atoms with E-state index in [9.17, 15) is 0 Å². The van der Waals surface area contributed by atoms with Gasteiger partial charge in [0.25, 0.3) is 0 Å². The molecule has 2 saturated heterocycles. The number of thioether (sulfide) groups is 2. The van der Waals surface area contributed by atoms with Crippen LogP contribution in [0.25, 0.3) is 0 Å². The van der Waals surface area contributed by atoms with Crippen LogP contribution in [-0.2, 0) is 9.47 Å². The van der Waals surface area contributed by atoms with Gasteiger partial charge in [0.1, 0.15) is 0 Å². The maximum Gasteiger partial charge on any atom is 0.0900 e. The van der Waals surface area contributed by atoms with Gasteiger partial charge in [0.05, 0.1) is 25.4 Å². The quantitative estimate of drug-likeness (QED) is 0.700. The van der Waals surface area contributed by atoms with Gasteiger partial charge in [0.2, 0.25) is 0 Å². The third-order valence-corrected chi connectivity index (χ3v) is 8.51. The topological polar surface area (TPSA) is 25.1 Å². The minimum atomic E-state index is 0.598.